The van der Waals surface area contributed by atoms with E-state index >= 15 is 0 Å². The Balaban J connectivity index is 1.42. The van der Waals surface area contributed by atoms with Crippen molar-refractivity contribution in [3.8, 4) is 0 Å². The number of nitrogens with two attached hydrogens (primary N) is 1. The smallest absolute Gasteiger partial charge is 0.328 e. The standard InChI is InChI=1S/C26H36N2O6/c1-15(22(31)28-17(23(32)33-4)7-8-20(27)30)6-5-10-24(2)19(29)9-11-26-13-16-12-18(21(24)26)34-25(16,3)14-26/h6,9,11,16-18,21H,5,7-8,10,12-14H2,1-4H3,(H2,27,30)(H,28,31)/b15-6+/t16?,17-,18-,21?,24+,25+,26-/m0/s1. The van der Waals surface area contributed by atoms with Gasteiger partial charge in [-0.05, 0) is 69.8 Å². The maximum absolute atomic E-state index is 13.1. The summed E-state index contributed by atoms with van der Waals surface area (Å²) in [7, 11) is 1.23. The number of rotatable bonds is 9. The van der Waals surface area contributed by atoms with Crippen LogP contribution in [0.3, 0.4) is 0 Å². The summed E-state index contributed by atoms with van der Waals surface area (Å²) in [5.41, 5.74) is 5.04. The van der Waals surface area contributed by atoms with Gasteiger partial charge in [0.1, 0.15) is 6.04 Å². The molecule has 7 atom stereocenters. The van der Waals surface area contributed by atoms with E-state index in [-0.39, 0.29) is 41.7 Å². The Kier molecular flexibility index (Phi) is 6.25. The second-order valence-corrected chi connectivity index (χ2v) is 11.1. The number of amides is 2. The molecule has 0 aromatic heterocycles. The number of ketones is 1. The highest BCUT2D eigenvalue weighted by atomic mass is 16.5. The molecule has 2 amide bonds. The molecule has 3 N–H and O–H groups in total. The average Bonchev–Trinajstić information content (AvgIpc) is 3.14. The molecule has 2 saturated heterocycles. The van der Waals surface area contributed by atoms with E-state index in [1.807, 2.05) is 6.08 Å². The van der Waals surface area contributed by atoms with Crippen molar-refractivity contribution in [3.63, 3.8) is 0 Å². The third-order valence-corrected chi connectivity index (χ3v) is 8.86. The fourth-order valence-electron chi connectivity index (χ4n) is 7.27. The van der Waals surface area contributed by atoms with Crippen molar-refractivity contribution in [2.75, 3.05) is 7.11 Å². The number of hydrogen-bond donors (Lipinski definition) is 2. The molecule has 3 aliphatic carbocycles. The molecule has 2 aliphatic heterocycles. The highest BCUT2D eigenvalue weighted by Crippen LogP contribution is 2.71. The van der Waals surface area contributed by atoms with Crippen LogP contribution in [0.2, 0.25) is 0 Å². The Bertz CT molecular complexity index is 972. The van der Waals surface area contributed by atoms with Gasteiger partial charge in [0, 0.05) is 23.3 Å². The molecule has 4 fully saturated rings. The molecule has 0 aromatic carbocycles. The van der Waals surface area contributed by atoms with Crippen LogP contribution in [0.1, 0.15) is 65.7 Å². The van der Waals surface area contributed by atoms with E-state index in [9.17, 15) is 19.2 Å². The van der Waals surface area contributed by atoms with Gasteiger partial charge in [0.2, 0.25) is 11.8 Å². The molecule has 4 bridgehead atoms. The van der Waals surface area contributed by atoms with Crippen molar-refractivity contribution in [1.82, 2.24) is 5.32 Å². The number of esters is 1. The number of nitrogens with one attached hydrogen (secondary N) is 1. The van der Waals surface area contributed by atoms with Crippen LogP contribution in [0.15, 0.2) is 23.8 Å². The number of carbonyl (C=O) groups is 4. The second kappa shape index (κ2) is 8.63. The highest BCUT2D eigenvalue weighted by Gasteiger charge is 2.71. The van der Waals surface area contributed by atoms with Crippen molar-refractivity contribution in [2.24, 2.45) is 28.4 Å². The summed E-state index contributed by atoms with van der Waals surface area (Å²) >= 11 is 0. The first-order valence-corrected chi connectivity index (χ1v) is 12.2. The van der Waals surface area contributed by atoms with Gasteiger partial charge in [0.15, 0.2) is 5.78 Å². The van der Waals surface area contributed by atoms with E-state index < -0.39 is 29.2 Å². The molecule has 2 heterocycles. The van der Waals surface area contributed by atoms with E-state index in [1.165, 1.54) is 7.11 Å². The summed E-state index contributed by atoms with van der Waals surface area (Å²) in [6.07, 6.45) is 10.2. The van der Waals surface area contributed by atoms with E-state index in [4.69, 9.17) is 15.2 Å². The van der Waals surface area contributed by atoms with Gasteiger partial charge >= 0.3 is 5.97 Å². The summed E-state index contributed by atoms with van der Waals surface area (Å²) in [5, 5.41) is 2.63. The minimum Gasteiger partial charge on any atom is -0.467 e. The molecule has 0 aromatic rings. The third-order valence-electron chi connectivity index (χ3n) is 8.86. The number of methoxy groups -OCH3 is 1. The lowest BCUT2D eigenvalue weighted by Gasteiger charge is -2.55. The van der Waals surface area contributed by atoms with Gasteiger partial charge in [-0.2, -0.15) is 0 Å². The fourth-order valence-corrected chi connectivity index (χ4v) is 7.27. The van der Waals surface area contributed by atoms with Crippen LogP contribution < -0.4 is 11.1 Å². The van der Waals surface area contributed by atoms with Gasteiger partial charge < -0.3 is 20.5 Å². The summed E-state index contributed by atoms with van der Waals surface area (Å²) in [4.78, 5) is 48.9. The molecular weight excluding hydrogens is 436 g/mol. The summed E-state index contributed by atoms with van der Waals surface area (Å²) < 4.78 is 11.2. The van der Waals surface area contributed by atoms with E-state index in [0.29, 0.717) is 24.3 Å². The predicted octanol–water partition coefficient (Wildman–Crippen LogP) is 2.36. The van der Waals surface area contributed by atoms with Crippen LogP contribution in [0.5, 0.6) is 0 Å². The maximum Gasteiger partial charge on any atom is 0.328 e. The van der Waals surface area contributed by atoms with Gasteiger partial charge in [0.25, 0.3) is 0 Å². The number of primary amides is 1. The molecule has 5 aliphatic rings. The van der Waals surface area contributed by atoms with Crippen LogP contribution >= 0.6 is 0 Å². The van der Waals surface area contributed by atoms with Crippen molar-refractivity contribution in [2.45, 2.75) is 83.5 Å². The average molecular weight is 473 g/mol. The van der Waals surface area contributed by atoms with Crippen LogP contribution in [0.25, 0.3) is 0 Å². The van der Waals surface area contributed by atoms with Crippen LogP contribution in [0, 0.1) is 22.7 Å². The van der Waals surface area contributed by atoms with Gasteiger partial charge in [0.05, 0.1) is 18.8 Å². The topological polar surface area (TPSA) is 125 Å². The molecule has 186 valence electrons. The maximum atomic E-state index is 13.1. The minimum atomic E-state index is -0.946. The SMILES string of the molecule is COC(=O)[C@H](CCC(N)=O)NC(=O)/C(C)=C/CC[C@]1(C)C(=O)C=C[C@]23CC4C[C@H](O[C@]4(C)C2)C31. The first-order chi connectivity index (χ1) is 15.9. The van der Waals surface area contributed by atoms with Crippen molar-refractivity contribution in [3.05, 3.63) is 23.8 Å². The molecule has 0 radical (unpaired) electrons. The molecule has 2 unspecified atom stereocenters. The highest BCUT2D eigenvalue weighted by molar-refractivity contribution is 5.97. The zero-order chi connectivity index (χ0) is 24.9. The molecule has 1 spiro atoms. The zero-order valence-electron chi connectivity index (χ0n) is 20.5. The Morgan fingerprint density at radius 3 is 2.74 bits per heavy atom. The third kappa shape index (κ3) is 4.00. The van der Waals surface area contributed by atoms with Gasteiger partial charge in [-0.25, -0.2) is 4.79 Å². The predicted molar refractivity (Wildman–Crippen MR) is 124 cm³/mol. The molecule has 8 heteroatoms. The van der Waals surface area contributed by atoms with Crippen LogP contribution in [-0.2, 0) is 28.7 Å². The Labute approximate surface area is 200 Å². The normalized spacial score (nSPS) is 38.5. The first-order valence-electron chi connectivity index (χ1n) is 12.2. The quantitative estimate of drug-likeness (QED) is 0.392. The number of carbonyl (C=O) groups excluding carboxylic acids is 4. The summed E-state index contributed by atoms with van der Waals surface area (Å²) in [5.74, 6) is -0.730. The van der Waals surface area contributed by atoms with E-state index in [2.05, 4.69) is 25.2 Å². The Morgan fingerprint density at radius 1 is 1.35 bits per heavy atom. The monoisotopic (exact) mass is 472 g/mol. The summed E-state index contributed by atoms with van der Waals surface area (Å²) in [6, 6.07) is -0.946. The number of allylic oxidation sites excluding steroid dienone is 3. The number of hydrogen-bond acceptors (Lipinski definition) is 6. The lowest BCUT2D eigenvalue weighted by atomic mass is 9.51. The second-order valence-electron chi connectivity index (χ2n) is 11.1. The molecule has 8 nitrogen and oxygen atoms in total. The molecular formula is C26H36N2O6. The largest absolute Gasteiger partial charge is 0.467 e. The van der Waals surface area contributed by atoms with Gasteiger partial charge in [-0.3, -0.25) is 14.4 Å². The lowest BCUT2D eigenvalue weighted by Crippen LogP contribution is -2.56. The molecule has 5 rings (SSSR count). The van der Waals surface area contributed by atoms with Gasteiger partial charge in [-0.15, -0.1) is 0 Å². The molecule has 2 saturated carbocycles. The van der Waals surface area contributed by atoms with Crippen LogP contribution in [-0.4, -0.2) is 48.4 Å². The van der Waals surface area contributed by atoms with E-state index in [0.717, 1.165) is 19.3 Å². The van der Waals surface area contributed by atoms with E-state index in [1.54, 1.807) is 13.0 Å². The zero-order valence-corrected chi connectivity index (χ0v) is 20.5. The Morgan fingerprint density at radius 2 is 2.09 bits per heavy atom. The number of ether oxygens (including phenoxy) is 2. The van der Waals surface area contributed by atoms with Crippen molar-refractivity contribution in [1.29, 1.82) is 0 Å². The molecule has 34 heavy (non-hydrogen) atoms. The van der Waals surface area contributed by atoms with Crippen molar-refractivity contribution < 1.29 is 28.7 Å². The Hall–Kier alpha value is -2.48. The van der Waals surface area contributed by atoms with Crippen LogP contribution in [0.4, 0.5) is 0 Å². The first kappa shape index (κ1) is 24.6. The summed E-state index contributed by atoms with van der Waals surface area (Å²) in [6.45, 7) is 5.95. The fraction of sp³-hybridized carbons (Fsp3) is 0.692. The minimum absolute atomic E-state index is 0.0353. The van der Waals surface area contributed by atoms with Gasteiger partial charge in [-0.1, -0.05) is 19.1 Å². The van der Waals surface area contributed by atoms with Crippen molar-refractivity contribution >= 4 is 23.6 Å². The lowest BCUT2D eigenvalue weighted by molar-refractivity contribution is -0.168.